The first-order valence-electron chi connectivity index (χ1n) is 22.9. The van der Waals surface area contributed by atoms with Crippen LogP contribution in [0.5, 0.6) is 23.0 Å². The van der Waals surface area contributed by atoms with Gasteiger partial charge in [-0.2, -0.15) is 0 Å². The number of hydrogen-bond donors (Lipinski definition) is 0. The predicted molar refractivity (Wildman–Crippen MR) is 281 cm³/mol. The summed E-state index contributed by atoms with van der Waals surface area (Å²) in [5.41, 5.74) is 16.0. The van der Waals surface area contributed by atoms with E-state index in [0.29, 0.717) is 0 Å². The molecule has 3 aromatic heterocycles. The van der Waals surface area contributed by atoms with Crippen molar-refractivity contribution in [2.24, 2.45) is 0 Å². The quantitative estimate of drug-likeness (QED) is 0.165. The highest BCUT2D eigenvalue weighted by molar-refractivity contribution is 7.26. The van der Waals surface area contributed by atoms with Crippen LogP contribution in [0.2, 0.25) is 0 Å². The first-order valence-corrected chi connectivity index (χ1v) is 23.8. The van der Waals surface area contributed by atoms with Crippen LogP contribution >= 0.6 is 11.3 Å². The van der Waals surface area contributed by atoms with Crippen LogP contribution in [-0.4, -0.2) is 15.8 Å². The molecule has 0 N–H and O–H groups in total. The molecule has 5 heterocycles. The maximum absolute atomic E-state index is 7.32. The number of aromatic nitrogens is 2. The Hall–Kier alpha value is -8.32. The van der Waals surface area contributed by atoms with Crippen molar-refractivity contribution in [1.82, 2.24) is 9.13 Å². The molecule has 0 fully saturated rings. The number of benzene rings is 10. The summed E-state index contributed by atoms with van der Waals surface area (Å²) in [4.78, 5) is 0. The summed E-state index contributed by atoms with van der Waals surface area (Å²) < 4.78 is 21.9. The zero-order valence-corrected chi connectivity index (χ0v) is 37.1. The third-order valence-electron chi connectivity index (χ3n) is 14.3. The van der Waals surface area contributed by atoms with Gasteiger partial charge in [-0.05, 0) is 76.5 Å². The van der Waals surface area contributed by atoms with Crippen LogP contribution < -0.4 is 25.9 Å². The second-order valence-electron chi connectivity index (χ2n) is 18.0. The number of ether oxygens (including phenoxy) is 2. The van der Waals surface area contributed by atoms with Crippen molar-refractivity contribution in [3.8, 4) is 56.6 Å². The standard InChI is InChI=1S/C61H37BN2O2S/c1-36-31-47-45-23-14-22-42(38-17-6-3-7-18-38)59(45)64(60(47)61-57(36)46-21-10-13-26-56(46)67-61)40-28-30-49-53(33-40)66-55-35-41(63-50-24-11-8-19-43(50)44-20-9-12-25-51(44)63)34-54-58(55)62(49)48-29-27-39(32-52(48)65-54)37-15-4-2-5-16-37/h2-35H,1H3. The second-order valence-corrected chi connectivity index (χ2v) is 19.1. The lowest BCUT2D eigenvalue weighted by molar-refractivity contribution is 0.464. The Morgan fingerprint density at radius 1 is 0.418 bits per heavy atom. The van der Waals surface area contributed by atoms with Crippen LogP contribution in [0.1, 0.15) is 5.56 Å². The number of nitrogens with zero attached hydrogens (tertiary/aromatic N) is 2. The number of fused-ring (bicyclic) bond motifs is 14. The van der Waals surface area contributed by atoms with E-state index in [0.717, 1.165) is 72.9 Å². The molecule has 2 aliphatic heterocycles. The lowest BCUT2D eigenvalue weighted by Crippen LogP contribution is -2.57. The molecule has 13 aromatic rings. The second kappa shape index (κ2) is 13.8. The molecule has 0 saturated carbocycles. The van der Waals surface area contributed by atoms with Crippen molar-refractivity contribution in [3.05, 3.63) is 212 Å². The van der Waals surface area contributed by atoms with E-state index < -0.39 is 0 Å². The van der Waals surface area contributed by atoms with Gasteiger partial charge in [0.2, 0.25) is 0 Å². The van der Waals surface area contributed by atoms with Gasteiger partial charge in [0.05, 0.1) is 32.5 Å². The van der Waals surface area contributed by atoms with E-state index >= 15 is 0 Å². The molecular weight excluding hydrogens is 836 g/mol. The number of para-hydroxylation sites is 3. The number of thiophene rings is 1. The van der Waals surface area contributed by atoms with E-state index in [9.17, 15) is 0 Å². The molecule has 0 atom stereocenters. The molecule has 15 rings (SSSR count). The van der Waals surface area contributed by atoms with Crippen LogP contribution in [0.15, 0.2) is 206 Å². The third-order valence-corrected chi connectivity index (χ3v) is 15.5. The monoisotopic (exact) mass is 872 g/mol. The zero-order chi connectivity index (χ0) is 43.9. The van der Waals surface area contributed by atoms with Crippen LogP contribution in [0.3, 0.4) is 0 Å². The summed E-state index contributed by atoms with van der Waals surface area (Å²) in [7, 11) is 0. The lowest BCUT2D eigenvalue weighted by atomic mass is 9.35. The minimum absolute atomic E-state index is 0.112. The molecule has 312 valence electrons. The molecule has 10 aromatic carbocycles. The first-order chi connectivity index (χ1) is 33.1. The number of hydrogen-bond acceptors (Lipinski definition) is 3. The Labute approximate surface area is 390 Å². The van der Waals surface area contributed by atoms with E-state index in [2.05, 4.69) is 222 Å². The SMILES string of the molecule is Cc1cc2c3cccc(-c4ccccc4)c3n(-c3ccc4c(c3)Oc3cc(-n5c6ccccc6c6ccccc65)cc5c3B4c3ccc(-c4ccccc4)cc3O5)c2c2sc3ccccc3c12. The van der Waals surface area contributed by atoms with Gasteiger partial charge in [-0.1, -0.05) is 152 Å². The fraction of sp³-hybridized carbons (Fsp3) is 0.0164. The average Bonchev–Trinajstić information content (AvgIpc) is 4.05. The van der Waals surface area contributed by atoms with Crippen molar-refractivity contribution < 1.29 is 9.47 Å². The molecule has 0 unspecified atom stereocenters. The van der Waals surface area contributed by atoms with Gasteiger partial charge in [0.25, 0.3) is 6.71 Å². The zero-order valence-electron chi connectivity index (χ0n) is 36.3. The van der Waals surface area contributed by atoms with E-state index in [1.165, 1.54) is 69.4 Å². The van der Waals surface area contributed by atoms with E-state index in [1.54, 1.807) is 0 Å². The summed E-state index contributed by atoms with van der Waals surface area (Å²) in [6, 6.07) is 74.8. The van der Waals surface area contributed by atoms with Crippen LogP contribution in [0.25, 0.3) is 97.4 Å². The summed E-state index contributed by atoms with van der Waals surface area (Å²) in [6.45, 7) is 2.16. The number of aryl methyl sites for hydroxylation is 1. The molecule has 6 heteroatoms. The van der Waals surface area contributed by atoms with Gasteiger partial charge in [-0.15, -0.1) is 11.3 Å². The Morgan fingerprint density at radius 2 is 1.01 bits per heavy atom. The van der Waals surface area contributed by atoms with Gasteiger partial charge in [0.15, 0.2) is 0 Å². The lowest BCUT2D eigenvalue weighted by Gasteiger charge is -2.34. The molecule has 0 bridgehead atoms. The average molecular weight is 873 g/mol. The highest BCUT2D eigenvalue weighted by Crippen LogP contribution is 2.47. The Morgan fingerprint density at radius 3 is 1.75 bits per heavy atom. The minimum atomic E-state index is -0.112. The molecule has 67 heavy (non-hydrogen) atoms. The van der Waals surface area contributed by atoms with Crippen LogP contribution in [0.4, 0.5) is 0 Å². The van der Waals surface area contributed by atoms with Crippen LogP contribution in [-0.2, 0) is 0 Å². The van der Waals surface area contributed by atoms with Gasteiger partial charge in [-0.25, -0.2) is 0 Å². The smallest absolute Gasteiger partial charge is 0.260 e. The fourth-order valence-electron chi connectivity index (χ4n) is 11.5. The summed E-state index contributed by atoms with van der Waals surface area (Å²) in [5.74, 6) is 3.31. The molecule has 4 nitrogen and oxygen atoms in total. The molecule has 0 aliphatic carbocycles. The van der Waals surface area contributed by atoms with E-state index in [4.69, 9.17) is 9.47 Å². The van der Waals surface area contributed by atoms with Gasteiger partial charge < -0.3 is 18.6 Å². The van der Waals surface area contributed by atoms with Gasteiger partial charge in [-0.3, -0.25) is 0 Å². The van der Waals surface area contributed by atoms with Gasteiger partial charge in [0.1, 0.15) is 23.0 Å². The van der Waals surface area contributed by atoms with Crippen molar-refractivity contribution in [2.75, 3.05) is 0 Å². The molecule has 0 spiro atoms. The first kappa shape index (κ1) is 37.0. The highest BCUT2D eigenvalue weighted by Gasteiger charge is 2.41. The summed E-state index contributed by atoms with van der Waals surface area (Å²) in [6.07, 6.45) is 0. The molecule has 2 aliphatic rings. The molecule has 0 amide bonds. The topological polar surface area (TPSA) is 28.3 Å². The largest absolute Gasteiger partial charge is 0.458 e. The van der Waals surface area contributed by atoms with Crippen molar-refractivity contribution in [3.63, 3.8) is 0 Å². The fourth-order valence-corrected chi connectivity index (χ4v) is 12.8. The van der Waals surface area contributed by atoms with Crippen molar-refractivity contribution in [1.29, 1.82) is 0 Å². The maximum atomic E-state index is 7.32. The van der Waals surface area contributed by atoms with Gasteiger partial charge >= 0.3 is 0 Å². The molecular formula is C61H37BN2O2S. The molecule has 0 radical (unpaired) electrons. The van der Waals surface area contributed by atoms with Crippen molar-refractivity contribution in [2.45, 2.75) is 6.92 Å². The Bertz CT molecular complexity index is 4190. The van der Waals surface area contributed by atoms with Crippen LogP contribution in [0, 0.1) is 6.92 Å². The Balaban J connectivity index is 1.01. The summed E-state index contributed by atoms with van der Waals surface area (Å²) >= 11 is 1.89. The van der Waals surface area contributed by atoms with E-state index in [-0.39, 0.29) is 6.71 Å². The van der Waals surface area contributed by atoms with Gasteiger partial charge in [0, 0.05) is 71.9 Å². The number of rotatable bonds is 4. The minimum Gasteiger partial charge on any atom is -0.458 e. The normalized spacial score (nSPS) is 12.8. The molecule has 0 saturated heterocycles. The Kier molecular flexibility index (Phi) is 7.64. The maximum Gasteiger partial charge on any atom is 0.260 e. The predicted octanol–water partition coefficient (Wildman–Crippen LogP) is 14.6. The van der Waals surface area contributed by atoms with Crippen molar-refractivity contribution >= 4 is 98.2 Å². The third kappa shape index (κ3) is 5.24. The summed E-state index contributed by atoms with van der Waals surface area (Å²) in [5, 5.41) is 7.52. The highest BCUT2D eigenvalue weighted by atomic mass is 32.1. The van der Waals surface area contributed by atoms with E-state index in [1.807, 2.05) is 11.3 Å².